The van der Waals surface area contributed by atoms with Gasteiger partial charge in [0.25, 0.3) is 17.5 Å². The van der Waals surface area contributed by atoms with Crippen LogP contribution >= 0.6 is 0 Å². The number of carbonyl (C=O) groups is 2. The summed E-state index contributed by atoms with van der Waals surface area (Å²) in [4.78, 5) is 39.0. The van der Waals surface area contributed by atoms with Gasteiger partial charge < -0.3 is 9.55 Å². The van der Waals surface area contributed by atoms with Gasteiger partial charge in [-0.3, -0.25) is 25.0 Å². The van der Waals surface area contributed by atoms with E-state index >= 15 is 0 Å². The predicted octanol–water partition coefficient (Wildman–Crippen LogP) is 4.16. The van der Waals surface area contributed by atoms with E-state index in [1.807, 2.05) is 55.9 Å². The summed E-state index contributed by atoms with van der Waals surface area (Å²) in [6.45, 7) is 4.00. The number of aryl methyl sites for hydroxylation is 1. The smallest absolute Gasteiger partial charge is 0.271 e. The number of imide groups is 1. The van der Waals surface area contributed by atoms with Crippen molar-refractivity contribution < 1.29 is 14.5 Å². The summed E-state index contributed by atoms with van der Waals surface area (Å²) < 4.78 is 1.91. The lowest BCUT2D eigenvalue weighted by atomic mass is 9.95. The molecule has 0 saturated heterocycles. The number of H-pyrrole nitrogens is 1. The average molecular weight is 416 g/mol. The van der Waals surface area contributed by atoms with Crippen molar-refractivity contribution in [2.24, 2.45) is 7.05 Å². The highest BCUT2D eigenvalue weighted by molar-refractivity contribution is 6.50. The standard InChI is InChI=1S/C21H14N4O4.C2H6/c1-24-10-15(13-4-2-3-5-17(13)24)19-18(20(26)23-21(19)27)14-9-22-16-8-11(25(28)29)6-7-12(14)16;1-2/h2-10,22H,1H3,(H,23,26,27);1-2H3. The van der Waals surface area contributed by atoms with Crippen molar-refractivity contribution in [1.29, 1.82) is 0 Å². The maximum atomic E-state index is 12.7. The third kappa shape index (κ3) is 3.09. The SMILES string of the molecule is CC.Cn1cc(C2=C(c3c[nH]c4cc([N+](=O)[O-])ccc34)C(=O)NC2=O)c2ccccc21. The number of nitrogens with one attached hydrogen (secondary N) is 2. The Morgan fingerprint density at radius 3 is 2.32 bits per heavy atom. The zero-order valence-electron chi connectivity index (χ0n) is 17.2. The second kappa shape index (κ2) is 7.56. The lowest BCUT2D eigenvalue weighted by Crippen LogP contribution is -2.22. The number of rotatable bonds is 3. The van der Waals surface area contributed by atoms with Crippen LogP contribution in [0, 0.1) is 10.1 Å². The molecule has 1 aliphatic rings. The first kappa shape index (κ1) is 20.1. The Hall–Kier alpha value is -4.20. The molecule has 3 heterocycles. The fourth-order valence-corrected chi connectivity index (χ4v) is 3.94. The van der Waals surface area contributed by atoms with Gasteiger partial charge in [-0.05, 0) is 12.1 Å². The van der Waals surface area contributed by atoms with Crippen molar-refractivity contribution in [3.8, 4) is 0 Å². The monoisotopic (exact) mass is 416 g/mol. The quantitative estimate of drug-likeness (QED) is 0.297. The molecule has 0 saturated carbocycles. The fourth-order valence-electron chi connectivity index (χ4n) is 3.94. The van der Waals surface area contributed by atoms with E-state index in [9.17, 15) is 19.7 Å². The Labute approximate surface area is 177 Å². The number of aromatic nitrogens is 2. The van der Waals surface area contributed by atoms with E-state index in [1.54, 1.807) is 12.3 Å². The third-order valence-electron chi connectivity index (χ3n) is 5.24. The zero-order chi connectivity index (χ0) is 22.3. The molecule has 2 aromatic carbocycles. The number of nitrogens with zero attached hydrogens (tertiary/aromatic N) is 2. The number of amides is 2. The summed E-state index contributed by atoms with van der Waals surface area (Å²) >= 11 is 0. The van der Waals surface area contributed by atoms with Crippen molar-refractivity contribution in [3.05, 3.63) is 76.1 Å². The molecule has 0 fully saturated rings. The minimum Gasteiger partial charge on any atom is -0.360 e. The Balaban J connectivity index is 0.00000112. The van der Waals surface area contributed by atoms with Gasteiger partial charge in [0.2, 0.25) is 0 Å². The maximum Gasteiger partial charge on any atom is 0.271 e. The fraction of sp³-hybridized carbons (Fsp3) is 0.130. The molecule has 0 atom stereocenters. The van der Waals surface area contributed by atoms with Crippen molar-refractivity contribution in [2.75, 3.05) is 0 Å². The number of non-ortho nitro benzene ring substituents is 1. The number of para-hydroxylation sites is 1. The highest BCUT2D eigenvalue weighted by Crippen LogP contribution is 2.38. The first-order valence-electron chi connectivity index (χ1n) is 9.86. The molecule has 0 unspecified atom stereocenters. The van der Waals surface area contributed by atoms with E-state index < -0.39 is 16.7 Å². The number of nitro benzene ring substituents is 1. The average Bonchev–Trinajstić information content (AvgIpc) is 3.42. The van der Waals surface area contributed by atoms with Crippen LogP contribution in [0.2, 0.25) is 0 Å². The maximum absolute atomic E-state index is 12.7. The number of hydrogen-bond acceptors (Lipinski definition) is 4. The number of benzene rings is 2. The van der Waals surface area contributed by atoms with E-state index in [-0.39, 0.29) is 11.3 Å². The van der Waals surface area contributed by atoms with Crippen LogP contribution in [0.4, 0.5) is 5.69 Å². The van der Waals surface area contributed by atoms with Crippen LogP contribution in [0.15, 0.2) is 54.9 Å². The van der Waals surface area contributed by atoms with Crippen LogP contribution in [0.3, 0.4) is 0 Å². The molecular weight excluding hydrogens is 396 g/mol. The molecule has 31 heavy (non-hydrogen) atoms. The summed E-state index contributed by atoms with van der Waals surface area (Å²) in [5, 5.41) is 14.9. The lowest BCUT2D eigenvalue weighted by Gasteiger charge is -2.03. The van der Waals surface area contributed by atoms with Gasteiger partial charge in [0.1, 0.15) is 0 Å². The van der Waals surface area contributed by atoms with Crippen molar-refractivity contribution in [1.82, 2.24) is 14.9 Å². The Bertz CT molecular complexity index is 1410. The molecule has 2 N–H and O–H groups in total. The molecule has 0 aliphatic carbocycles. The van der Waals surface area contributed by atoms with E-state index in [4.69, 9.17) is 0 Å². The molecule has 8 heteroatoms. The number of fused-ring (bicyclic) bond motifs is 2. The van der Waals surface area contributed by atoms with Gasteiger partial charge in [-0.2, -0.15) is 0 Å². The molecule has 1 aliphatic heterocycles. The minimum atomic E-state index is -0.489. The van der Waals surface area contributed by atoms with Gasteiger partial charge in [0.15, 0.2) is 0 Å². The van der Waals surface area contributed by atoms with Crippen LogP contribution in [0.25, 0.3) is 33.0 Å². The first-order valence-corrected chi connectivity index (χ1v) is 9.86. The molecule has 0 bridgehead atoms. The zero-order valence-corrected chi connectivity index (χ0v) is 17.2. The molecule has 2 amide bonds. The summed E-state index contributed by atoms with van der Waals surface area (Å²) in [7, 11) is 1.88. The summed E-state index contributed by atoms with van der Waals surface area (Å²) in [5.41, 5.74) is 3.15. The van der Waals surface area contributed by atoms with Gasteiger partial charge in [-0.25, -0.2) is 0 Å². The molecule has 4 aromatic rings. The second-order valence-electron chi connectivity index (χ2n) is 6.89. The highest BCUT2D eigenvalue weighted by atomic mass is 16.6. The molecule has 0 spiro atoms. The van der Waals surface area contributed by atoms with Gasteiger partial charge >= 0.3 is 0 Å². The van der Waals surface area contributed by atoms with E-state index in [2.05, 4.69) is 10.3 Å². The largest absolute Gasteiger partial charge is 0.360 e. The highest BCUT2D eigenvalue weighted by Gasteiger charge is 2.35. The number of hydrogen-bond donors (Lipinski definition) is 2. The molecule has 0 radical (unpaired) electrons. The normalized spacial score (nSPS) is 13.5. The summed E-state index contributed by atoms with van der Waals surface area (Å²) in [6.07, 6.45) is 3.44. The molecule has 2 aromatic heterocycles. The Morgan fingerprint density at radius 2 is 1.61 bits per heavy atom. The lowest BCUT2D eigenvalue weighted by molar-refractivity contribution is -0.384. The Morgan fingerprint density at radius 1 is 0.935 bits per heavy atom. The Kier molecular flexibility index (Phi) is 4.90. The van der Waals surface area contributed by atoms with Crippen molar-refractivity contribution >= 4 is 50.5 Å². The summed E-state index contributed by atoms with van der Waals surface area (Å²) in [6, 6.07) is 12.0. The van der Waals surface area contributed by atoms with Crippen molar-refractivity contribution in [3.63, 3.8) is 0 Å². The van der Waals surface area contributed by atoms with Crippen LogP contribution in [0.5, 0.6) is 0 Å². The van der Waals surface area contributed by atoms with Gasteiger partial charge in [-0.1, -0.05) is 32.0 Å². The van der Waals surface area contributed by atoms with Crippen molar-refractivity contribution in [2.45, 2.75) is 13.8 Å². The van der Waals surface area contributed by atoms with Crippen LogP contribution in [0.1, 0.15) is 25.0 Å². The number of aromatic amines is 1. The topological polar surface area (TPSA) is 110 Å². The minimum absolute atomic E-state index is 0.0545. The summed E-state index contributed by atoms with van der Waals surface area (Å²) in [5.74, 6) is -0.949. The van der Waals surface area contributed by atoms with Crippen LogP contribution < -0.4 is 5.32 Å². The molecular formula is C23H20N4O4. The van der Waals surface area contributed by atoms with Gasteiger partial charge in [0.05, 0.1) is 21.6 Å². The first-order chi connectivity index (χ1) is 15.0. The second-order valence-corrected chi connectivity index (χ2v) is 6.89. The third-order valence-corrected chi connectivity index (χ3v) is 5.24. The number of nitro groups is 1. The number of carbonyl (C=O) groups excluding carboxylic acids is 2. The van der Waals surface area contributed by atoms with E-state index in [0.29, 0.717) is 27.6 Å². The van der Waals surface area contributed by atoms with Crippen LogP contribution in [-0.4, -0.2) is 26.3 Å². The van der Waals surface area contributed by atoms with Gasteiger partial charge in [0, 0.05) is 59.0 Å². The van der Waals surface area contributed by atoms with E-state index in [1.165, 1.54) is 12.1 Å². The van der Waals surface area contributed by atoms with Crippen LogP contribution in [-0.2, 0) is 16.6 Å². The predicted molar refractivity (Wildman–Crippen MR) is 119 cm³/mol. The molecule has 8 nitrogen and oxygen atoms in total. The van der Waals surface area contributed by atoms with E-state index in [0.717, 1.165) is 10.9 Å². The molecule has 5 rings (SSSR count). The molecule has 156 valence electrons. The van der Waals surface area contributed by atoms with Gasteiger partial charge in [-0.15, -0.1) is 0 Å².